The molecule has 18 heavy (non-hydrogen) atoms. The highest BCUT2D eigenvalue weighted by Gasteiger charge is 2.15. The zero-order chi connectivity index (χ0) is 13.5. The van der Waals surface area contributed by atoms with Gasteiger partial charge in [0.05, 0.1) is 6.61 Å². The number of carbonyl (C=O) groups is 2. The van der Waals surface area contributed by atoms with Gasteiger partial charge in [0.25, 0.3) is 0 Å². The monoisotopic (exact) mass is 251 g/mol. The van der Waals surface area contributed by atoms with Crippen molar-refractivity contribution in [2.24, 2.45) is 0 Å². The fourth-order valence-corrected chi connectivity index (χ4v) is 1.36. The SMILES string of the molecule is CCOC(=O)C(C)Oc1cccc(NC(C)=O)c1. The summed E-state index contributed by atoms with van der Waals surface area (Å²) in [5.74, 6) is -0.0742. The third-order valence-electron chi connectivity index (χ3n) is 2.09. The Kier molecular flexibility index (Phi) is 5.17. The van der Waals surface area contributed by atoms with Crippen molar-refractivity contribution in [1.29, 1.82) is 0 Å². The molecule has 0 aromatic heterocycles. The Balaban J connectivity index is 2.66. The number of anilines is 1. The summed E-state index contributed by atoms with van der Waals surface area (Å²) in [7, 11) is 0. The molecule has 1 rings (SSSR count). The maximum Gasteiger partial charge on any atom is 0.347 e. The van der Waals surface area contributed by atoms with Crippen molar-refractivity contribution in [2.75, 3.05) is 11.9 Å². The molecule has 0 aliphatic heterocycles. The molecule has 0 radical (unpaired) electrons. The van der Waals surface area contributed by atoms with Gasteiger partial charge in [-0.2, -0.15) is 0 Å². The number of amides is 1. The van der Waals surface area contributed by atoms with Gasteiger partial charge in [0, 0.05) is 18.7 Å². The van der Waals surface area contributed by atoms with Crippen molar-refractivity contribution in [3.05, 3.63) is 24.3 Å². The van der Waals surface area contributed by atoms with E-state index in [0.717, 1.165) is 0 Å². The van der Waals surface area contributed by atoms with Gasteiger partial charge < -0.3 is 14.8 Å². The zero-order valence-corrected chi connectivity index (χ0v) is 10.7. The van der Waals surface area contributed by atoms with E-state index >= 15 is 0 Å². The Morgan fingerprint density at radius 3 is 2.72 bits per heavy atom. The maximum atomic E-state index is 11.4. The van der Waals surface area contributed by atoms with Crippen molar-refractivity contribution >= 4 is 17.6 Å². The number of ether oxygens (including phenoxy) is 2. The van der Waals surface area contributed by atoms with E-state index in [2.05, 4.69) is 5.32 Å². The van der Waals surface area contributed by atoms with E-state index in [0.29, 0.717) is 18.0 Å². The molecule has 98 valence electrons. The van der Waals surface area contributed by atoms with Crippen molar-refractivity contribution in [1.82, 2.24) is 0 Å². The van der Waals surface area contributed by atoms with Gasteiger partial charge in [0.1, 0.15) is 5.75 Å². The molecule has 0 bridgehead atoms. The van der Waals surface area contributed by atoms with Crippen LogP contribution in [0.2, 0.25) is 0 Å². The lowest BCUT2D eigenvalue weighted by atomic mass is 10.3. The van der Waals surface area contributed by atoms with Crippen LogP contribution in [-0.4, -0.2) is 24.6 Å². The quantitative estimate of drug-likeness (QED) is 0.813. The molecule has 0 saturated heterocycles. The van der Waals surface area contributed by atoms with E-state index in [1.165, 1.54) is 6.92 Å². The summed E-state index contributed by atoms with van der Waals surface area (Å²) in [4.78, 5) is 22.3. The molecule has 0 saturated carbocycles. The van der Waals surface area contributed by atoms with Gasteiger partial charge in [-0.1, -0.05) is 6.07 Å². The number of carbonyl (C=O) groups excluding carboxylic acids is 2. The topological polar surface area (TPSA) is 64.6 Å². The summed E-state index contributed by atoms with van der Waals surface area (Å²) in [6, 6.07) is 6.83. The number of esters is 1. The van der Waals surface area contributed by atoms with Crippen LogP contribution < -0.4 is 10.1 Å². The van der Waals surface area contributed by atoms with Crippen LogP contribution in [0.15, 0.2) is 24.3 Å². The Morgan fingerprint density at radius 1 is 1.39 bits per heavy atom. The minimum Gasteiger partial charge on any atom is -0.479 e. The lowest BCUT2D eigenvalue weighted by Gasteiger charge is -2.14. The average Bonchev–Trinajstić information content (AvgIpc) is 2.28. The summed E-state index contributed by atoms with van der Waals surface area (Å²) < 4.78 is 10.3. The number of hydrogen-bond donors (Lipinski definition) is 1. The Labute approximate surface area is 106 Å². The molecule has 0 spiro atoms. The second-order valence-corrected chi connectivity index (χ2v) is 3.72. The molecule has 5 heteroatoms. The standard InChI is InChI=1S/C13H17NO4/c1-4-17-13(16)9(2)18-12-7-5-6-11(8-12)14-10(3)15/h5-9H,4H2,1-3H3,(H,14,15). The molecule has 1 aromatic rings. The van der Waals surface area contributed by atoms with Crippen LogP contribution in [0.1, 0.15) is 20.8 Å². The van der Waals surface area contributed by atoms with Gasteiger partial charge in [-0.25, -0.2) is 4.79 Å². The minimum atomic E-state index is -0.683. The van der Waals surface area contributed by atoms with E-state index in [1.54, 1.807) is 38.1 Å². The Morgan fingerprint density at radius 2 is 2.11 bits per heavy atom. The van der Waals surface area contributed by atoms with Crippen LogP contribution >= 0.6 is 0 Å². The number of rotatable bonds is 5. The van der Waals surface area contributed by atoms with Crippen LogP contribution in [0.5, 0.6) is 5.75 Å². The smallest absolute Gasteiger partial charge is 0.347 e. The average molecular weight is 251 g/mol. The highest BCUT2D eigenvalue weighted by Crippen LogP contribution is 2.18. The second-order valence-electron chi connectivity index (χ2n) is 3.72. The van der Waals surface area contributed by atoms with Crippen molar-refractivity contribution in [3.8, 4) is 5.75 Å². The van der Waals surface area contributed by atoms with Gasteiger partial charge in [0.15, 0.2) is 6.10 Å². The maximum absolute atomic E-state index is 11.4. The van der Waals surface area contributed by atoms with Gasteiger partial charge in [0.2, 0.25) is 5.91 Å². The highest BCUT2D eigenvalue weighted by atomic mass is 16.6. The minimum absolute atomic E-state index is 0.161. The summed E-state index contributed by atoms with van der Waals surface area (Å²) >= 11 is 0. The normalized spacial score (nSPS) is 11.5. The first-order valence-electron chi connectivity index (χ1n) is 5.74. The fraction of sp³-hybridized carbons (Fsp3) is 0.385. The second kappa shape index (κ2) is 6.64. The van der Waals surface area contributed by atoms with E-state index in [-0.39, 0.29) is 5.91 Å². The number of nitrogens with one attached hydrogen (secondary N) is 1. The van der Waals surface area contributed by atoms with Gasteiger partial charge in [-0.15, -0.1) is 0 Å². The molecular weight excluding hydrogens is 234 g/mol. The molecule has 1 aromatic carbocycles. The molecule has 1 atom stereocenters. The third-order valence-corrected chi connectivity index (χ3v) is 2.09. The van der Waals surface area contributed by atoms with Crippen LogP contribution in [-0.2, 0) is 14.3 Å². The first kappa shape index (κ1) is 14.0. The zero-order valence-electron chi connectivity index (χ0n) is 10.7. The van der Waals surface area contributed by atoms with E-state index < -0.39 is 12.1 Å². The molecule has 5 nitrogen and oxygen atoms in total. The lowest BCUT2D eigenvalue weighted by molar-refractivity contribution is -0.150. The molecule has 0 fully saturated rings. The molecule has 0 heterocycles. The van der Waals surface area contributed by atoms with Gasteiger partial charge in [-0.3, -0.25) is 4.79 Å². The Bertz CT molecular complexity index is 431. The number of benzene rings is 1. The van der Waals surface area contributed by atoms with Crippen molar-refractivity contribution < 1.29 is 19.1 Å². The molecule has 0 aliphatic rings. The first-order chi connectivity index (χ1) is 8.52. The van der Waals surface area contributed by atoms with E-state index in [1.807, 2.05) is 0 Å². The first-order valence-corrected chi connectivity index (χ1v) is 5.74. The molecule has 1 amide bonds. The summed E-state index contributed by atoms with van der Waals surface area (Å²) in [5, 5.41) is 2.64. The predicted molar refractivity (Wildman–Crippen MR) is 67.5 cm³/mol. The molecular formula is C13H17NO4. The van der Waals surface area contributed by atoms with Crippen molar-refractivity contribution in [3.63, 3.8) is 0 Å². The summed E-state index contributed by atoms with van der Waals surface area (Å²) in [6.45, 7) is 5.10. The van der Waals surface area contributed by atoms with E-state index in [9.17, 15) is 9.59 Å². The van der Waals surface area contributed by atoms with Gasteiger partial charge in [-0.05, 0) is 26.0 Å². The number of hydrogen-bond acceptors (Lipinski definition) is 4. The van der Waals surface area contributed by atoms with Gasteiger partial charge >= 0.3 is 5.97 Å². The lowest BCUT2D eigenvalue weighted by Crippen LogP contribution is -2.26. The fourth-order valence-electron chi connectivity index (χ4n) is 1.36. The van der Waals surface area contributed by atoms with Crippen LogP contribution in [0.25, 0.3) is 0 Å². The molecule has 1 N–H and O–H groups in total. The predicted octanol–water partition coefficient (Wildman–Crippen LogP) is 1.98. The molecule has 0 aliphatic carbocycles. The summed E-state index contributed by atoms with van der Waals surface area (Å²) in [5.41, 5.74) is 0.621. The largest absolute Gasteiger partial charge is 0.479 e. The van der Waals surface area contributed by atoms with E-state index in [4.69, 9.17) is 9.47 Å². The molecule has 1 unspecified atom stereocenters. The van der Waals surface area contributed by atoms with Crippen LogP contribution in [0.3, 0.4) is 0 Å². The summed E-state index contributed by atoms with van der Waals surface area (Å²) in [6.07, 6.45) is -0.683. The van der Waals surface area contributed by atoms with Crippen LogP contribution in [0.4, 0.5) is 5.69 Å². The Hall–Kier alpha value is -2.04. The van der Waals surface area contributed by atoms with Crippen molar-refractivity contribution in [2.45, 2.75) is 26.9 Å². The third kappa shape index (κ3) is 4.45. The highest BCUT2D eigenvalue weighted by molar-refractivity contribution is 5.88. The van der Waals surface area contributed by atoms with Crippen LogP contribution in [0, 0.1) is 0 Å².